The molecule has 1 aromatic carbocycles. The Morgan fingerprint density at radius 1 is 1.13 bits per heavy atom. The van der Waals surface area contributed by atoms with E-state index in [1.54, 1.807) is 46.0 Å². The minimum atomic E-state index is -0.846. The predicted octanol–water partition coefficient (Wildman–Crippen LogP) is 3.65. The van der Waals surface area contributed by atoms with Crippen LogP contribution in [0.4, 0.5) is 0 Å². The molecule has 0 aliphatic rings. The molecule has 1 heterocycles. The number of ether oxygens (including phenoxy) is 1. The van der Waals surface area contributed by atoms with Crippen LogP contribution in [0.1, 0.15) is 33.5 Å². The first-order valence-electron chi connectivity index (χ1n) is 9.53. The average Bonchev–Trinajstić information content (AvgIpc) is 3.13. The Bertz CT molecular complexity index is 899. The van der Waals surface area contributed by atoms with E-state index in [1.165, 1.54) is 11.8 Å². The number of halogens is 1. The number of rotatable bonds is 7. The van der Waals surface area contributed by atoms with E-state index in [0.717, 1.165) is 5.56 Å². The number of carbonyl (C=O) groups excluding carboxylic acids is 3. The fourth-order valence-corrected chi connectivity index (χ4v) is 2.52. The second-order valence-electron chi connectivity index (χ2n) is 8.08. The van der Waals surface area contributed by atoms with Gasteiger partial charge in [0.15, 0.2) is 6.61 Å². The minimum absolute atomic E-state index is 0.223. The number of nitrogens with zero attached hydrogens (tertiary/aromatic N) is 1. The highest BCUT2D eigenvalue weighted by atomic mass is 35.5. The molecule has 7 nitrogen and oxygen atoms in total. The summed E-state index contributed by atoms with van der Waals surface area (Å²) in [4.78, 5) is 37.7. The van der Waals surface area contributed by atoms with Gasteiger partial charge in [0.25, 0.3) is 5.91 Å². The number of carbonyl (C=O) groups is 3. The number of nitrogens with one attached hydrogen (secondary N) is 1. The van der Waals surface area contributed by atoms with Crippen molar-refractivity contribution in [2.75, 3.05) is 13.7 Å². The highest BCUT2D eigenvalue weighted by Gasteiger charge is 2.26. The third-order valence-corrected chi connectivity index (χ3v) is 4.58. The van der Waals surface area contributed by atoms with Gasteiger partial charge in [-0.15, -0.1) is 0 Å². The Morgan fingerprint density at radius 3 is 2.37 bits per heavy atom. The molecule has 0 spiro atoms. The number of amides is 2. The van der Waals surface area contributed by atoms with Crippen molar-refractivity contribution in [1.29, 1.82) is 0 Å². The average molecular weight is 435 g/mol. The SMILES string of the molecule is CC(NC(=O)C(C)(C)C)C(=O)OCC(=O)N(C)Cc1ccc(-c2ccc(Cl)cc2)o1. The Morgan fingerprint density at radius 2 is 1.77 bits per heavy atom. The molecule has 0 aliphatic carbocycles. The van der Waals surface area contributed by atoms with Gasteiger partial charge in [-0.1, -0.05) is 32.4 Å². The van der Waals surface area contributed by atoms with Gasteiger partial charge in [-0.05, 0) is 43.3 Å². The van der Waals surface area contributed by atoms with Crippen LogP contribution in [0.25, 0.3) is 11.3 Å². The minimum Gasteiger partial charge on any atom is -0.459 e. The maximum atomic E-state index is 12.3. The van der Waals surface area contributed by atoms with E-state index >= 15 is 0 Å². The van der Waals surface area contributed by atoms with Crippen LogP contribution >= 0.6 is 11.6 Å². The van der Waals surface area contributed by atoms with Crippen LogP contribution < -0.4 is 5.32 Å². The van der Waals surface area contributed by atoms with E-state index in [0.29, 0.717) is 16.5 Å². The van der Waals surface area contributed by atoms with Gasteiger partial charge in [0.05, 0.1) is 6.54 Å². The predicted molar refractivity (Wildman–Crippen MR) is 114 cm³/mol. The highest BCUT2D eigenvalue weighted by molar-refractivity contribution is 6.30. The monoisotopic (exact) mass is 434 g/mol. The van der Waals surface area contributed by atoms with Crippen molar-refractivity contribution in [2.24, 2.45) is 5.41 Å². The molecule has 2 aromatic rings. The van der Waals surface area contributed by atoms with Gasteiger partial charge in [-0.3, -0.25) is 9.59 Å². The zero-order chi connectivity index (χ0) is 22.5. The zero-order valence-electron chi connectivity index (χ0n) is 17.8. The standard InChI is InChI=1S/C22H27ClN2O5/c1-14(24-21(28)22(2,3)4)20(27)29-13-19(26)25(5)12-17-10-11-18(30-17)15-6-8-16(23)9-7-15/h6-11,14H,12-13H2,1-5H3,(H,24,28). The molecule has 1 unspecified atom stereocenters. The van der Waals surface area contributed by atoms with Gasteiger partial charge >= 0.3 is 5.97 Å². The number of esters is 1. The fraction of sp³-hybridized carbons (Fsp3) is 0.409. The van der Waals surface area contributed by atoms with Crippen molar-refractivity contribution in [3.05, 3.63) is 47.2 Å². The summed E-state index contributed by atoms with van der Waals surface area (Å²) in [5.41, 5.74) is 0.248. The van der Waals surface area contributed by atoms with Crippen molar-refractivity contribution in [3.8, 4) is 11.3 Å². The molecular formula is C22H27ClN2O5. The van der Waals surface area contributed by atoms with Crippen molar-refractivity contribution < 1.29 is 23.5 Å². The number of likely N-dealkylation sites (N-methyl/N-ethyl adjacent to an activating group) is 1. The van der Waals surface area contributed by atoms with Gasteiger partial charge in [0.1, 0.15) is 17.6 Å². The molecule has 0 aliphatic heterocycles. The normalized spacial score (nSPS) is 12.2. The molecule has 0 fully saturated rings. The van der Waals surface area contributed by atoms with E-state index in [1.807, 2.05) is 18.2 Å². The first-order valence-corrected chi connectivity index (χ1v) is 9.91. The number of furan rings is 1. The van der Waals surface area contributed by atoms with E-state index in [9.17, 15) is 14.4 Å². The van der Waals surface area contributed by atoms with E-state index < -0.39 is 24.0 Å². The largest absolute Gasteiger partial charge is 0.459 e. The molecule has 2 amide bonds. The molecule has 8 heteroatoms. The molecular weight excluding hydrogens is 408 g/mol. The third-order valence-electron chi connectivity index (χ3n) is 4.33. The number of benzene rings is 1. The topological polar surface area (TPSA) is 88.8 Å². The maximum Gasteiger partial charge on any atom is 0.328 e. The first-order chi connectivity index (χ1) is 14.0. The van der Waals surface area contributed by atoms with Crippen molar-refractivity contribution in [2.45, 2.75) is 40.3 Å². The maximum absolute atomic E-state index is 12.3. The Balaban J connectivity index is 1.84. The van der Waals surface area contributed by atoms with Gasteiger partial charge < -0.3 is 19.4 Å². The molecule has 0 radical (unpaired) electrons. The molecule has 0 bridgehead atoms. The molecule has 162 valence electrons. The van der Waals surface area contributed by atoms with E-state index in [2.05, 4.69) is 5.32 Å². The van der Waals surface area contributed by atoms with Crippen molar-refractivity contribution in [3.63, 3.8) is 0 Å². The summed E-state index contributed by atoms with van der Waals surface area (Å²) < 4.78 is 10.8. The Labute approximate surface area is 181 Å². The lowest BCUT2D eigenvalue weighted by molar-refractivity contribution is -0.154. The third kappa shape index (κ3) is 6.62. The Hall–Kier alpha value is -2.80. The summed E-state index contributed by atoms with van der Waals surface area (Å²) in [6.07, 6.45) is 0. The van der Waals surface area contributed by atoms with Crippen LogP contribution in [-0.4, -0.2) is 42.4 Å². The van der Waals surface area contributed by atoms with Crippen LogP contribution in [0.5, 0.6) is 0 Å². The highest BCUT2D eigenvalue weighted by Crippen LogP contribution is 2.24. The molecule has 30 heavy (non-hydrogen) atoms. The van der Waals surface area contributed by atoms with Crippen LogP contribution in [0.15, 0.2) is 40.8 Å². The first kappa shape index (κ1) is 23.5. The summed E-state index contributed by atoms with van der Waals surface area (Å²) >= 11 is 5.89. The molecule has 1 N–H and O–H groups in total. The number of hydrogen-bond donors (Lipinski definition) is 1. The summed E-state index contributed by atoms with van der Waals surface area (Å²) in [7, 11) is 1.59. The van der Waals surface area contributed by atoms with Crippen LogP contribution in [-0.2, 0) is 25.7 Å². The fourth-order valence-electron chi connectivity index (χ4n) is 2.39. The summed E-state index contributed by atoms with van der Waals surface area (Å²) in [5, 5.41) is 3.21. The number of hydrogen-bond acceptors (Lipinski definition) is 5. The van der Waals surface area contributed by atoms with Crippen LogP contribution in [0, 0.1) is 5.41 Å². The van der Waals surface area contributed by atoms with Crippen LogP contribution in [0.3, 0.4) is 0 Å². The Kier molecular flexibility index (Phi) is 7.67. The van der Waals surface area contributed by atoms with Gasteiger partial charge in [0, 0.05) is 23.0 Å². The second-order valence-corrected chi connectivity index (χ2v) is 8.51. The quantitative estimate of drug-likeness (QED) is 0.672. The lowest BCUT2D eigenvalue weighted by Gasteiger charge is -2.21. The summed E-state index contributed by atoms with van der Waals surface area (Å²) in [5.74, 6) is -0.0745. The van der Waals surface area contributed by atoms with Crippen LogP contribution in [0.2, 0.25) is 5.02 Å². The summed E-state index contributed by atoms with van der Waals surface area (Å²) in [6, 6.07) is 9.99. The van der Waals surface area contributed by atoms with Crippen molar-refractivity contribution >= 4 is 29.4 Å². The smallest absolute Gasteiger partial charge is 0.328 e. The molecule has 0 saturated carbocycles. The van der Waals surface area contributed by atoms with Crippen molar-refractivity contribution in [1.82, 2.24) is 10.2 Å². The molecule has 0 saturated heterocycles. The lowest BCUT2D eigenvalue weighted by Crippen LogP contribution is -2.45. The molecule has 1 atom stereocenters. The van der Waals surface area contributed by atoms with Gasteiger partial charge in [-0.25, -0.2) is 4.79 Å². The zero-order valence-corrected chi connectivity index (χ0v) is 18.6. The molecule has 1 aromatic heterocycles. The van der Waals surface area contributed by atoms with E-state index in [-0.39, 0.29) is 18.4 Å². The second kappa shape index (κ2) is 9.80. The lowest BCUT2D eigenvalue weighted by atomic mass is 9.95. The molecule has 2 rings (SSSR count). The van der Waals surface area contributed by atoms with Gasteiger partial charge in [0.2, 0.25) is 5.91 Å². The summed E-state index contributed by atoms with van der Waals surface area (Å²) in [6.45, 7) is 6.54. The van der Waals surface area contributed by atoms with Gasteiger partial charge in [-0.2, -0.15) is 0 Å². The van der Waals surface area contributed by atoms with E-state index in [4.69, 9.17) is 20.8 Å².